The van der Waals surface area contributed by atoms with Crippen molar-refractivity contribution < 1.29 is 14.6 Å². The number of carboxylic acids is 1. The summed E-state index contributed by atoms with van der Waals surface area (Å²) in [5.41, 5.74) is 0.967. The second kappa shape index (κ2) is 3.15. The van der Waals surface area contributed by atoms with E-state index in [-0.39, 0.29) is 0 Å². The molecule has 1 aliphatic rings. The lowest BCUT2D eigenvalue weighted by Crippen LogP contribution is -2.41. The molecule has 2 rings (SSSR count). The molecule has 4 heteroatoms. The molecule has 1 heterocycles. The van der Waals surface area contributed by atoms with E-state index in [0.717, 1.165) is 17.0 Å². The van der Waals surface area contributed by atoms with Gasteiger partial charge in [0.25, 0.3) is 0 Å². The van der Waals surface area contributed by atoms with Crippen LogP contribution in [0.5, 0.6) is 5.75 Å². The third kappa shape index (κ3) is 1.52. The number of ether oxygens (including phenoxy) is 1. The van der Waals surface area contributed by atoms with Crippen LogP contribution in [0.15, 0.2) is 18.2 Å². The molecule has 1 aromatic rings. The first-order valence-corrected chi connectivity index (χ1v) is 4.74. The molecule has 1 aliphatic heterocycles. The average Bonchev–Trinajstić information content (AvgIpc) is 2.54. The standard InChI is InChI=1S/C11H13NO3/c1-11(10(13)14)6-7-5-8(15-2)3-4-9(7)12-11/h3-5,12H,6H2,1-2H3,(H,13,14). The van der Waals surface area contributed by atoms with Gasteiger partial charge < -0.3 is 15.2 Å². The molecule has 0 spiro atoms. The second-order valence-corrected chi connectivity index (χ2v) is 3.96. The molecule has 0 saturated carbocycles. The van der Waals surface area contributed by atoms with Crippen molar-refractivity contribution >= 4 is 11.7 Å². The largest absolute Gasteiger partial charge is 0.497 e. The normalized spacial score (nSPS) is 23.1. The molecule has 0 amide bonds. The minimum atomic E-state index is -0.894. The van der Waals surface area contributed by atoms with Crippen LogP contribution in [0.1, 0.15) is 12.5 Å². The smallest absolute Gasteiger partial charge is 0.329 e. The van der Waals surface area contributed by atoms with Gasteiger partial charge in [-0.25, -0.2) is 4.79 Å². The van der Waals surface area contributed by atoms with Crippen molar-refractivity contribution in [3.05, 3.63) is 23.8 Å². The van der Waals surface area contributed by atoms with E-state index in [1.807, 2.05) is 18.2 Å². The first kappa shape index (κ1) is 9.83. The minimum absolute atomic E-state index is 0.481. The fraction of sp³-hybridized carbons (Fsp3) is 0.364. The lowest BCUT2D eigenvalue weighted by molar-refractivity contribution is -0.141. The van der Waals surface area contributed by atoms with Crippen LogP contribution in [-0.4, -0.2) is 23.7 Å². The van der Waals surface area contributed by atoms with Crippen LogP contribution >= 0.6 is 0 Å². The number of benzene rings is 1. The Morgan fingerprint density at radius 3 is 2.93 bits per heavy atom. The summed E-state index contributed by atoms with van der Waals surface area (Å²) in [5, 5.41) is 12.1. The predicted octanol–water partition coefficient (Wildman–Crippen LogP) is 1.51. The summed E-state index contributed by atoms with van der Waals surface area (Å²) < 4.78 is 5.09. The molecule has 1 unspecified atom stereocenters. The molecule has 1 aromatic carbocycles. The van der Waals surface area contributed by atoms with E-state index in [2.05, 4.69) is 5.32 Å². The molecule has 2 N–H and O–H groups in total. The molecule has 0 bridgehead atoms. The average molecular weight is 207 g/mol. The number of nitrogens with one attached hydrogen (secondary N) is 1. The van der Waals surface area contributed by atoms with E-state index < -0.39 is 11.5 Å². The van der Waals surface area contributed by atoms with Crippen LogP contribution in [-0.2, 0) is 11.2 Å². The number of carbonyl (C=O) groups is 1. The molecule has 0 radical (unpaired) electrons. The van der Waals surface area contributed by atoms with Gasteiger partial charge in [-0.05, 0) is 30.7 Å². The van der Waals surface area contributed by atoms with Gasteiger partial charge in [0.15, 0.2) is 0 Å². The maximum Gasteiger partial charge on any atom is 0.329 e. The number of hydrogen-bond acceptors (Lipinski definition) is 3. The summed E-state index contributed by atoms with van der Waals surface area (Å²) in [6.45, 7) is 1.68. The van der Waals surface area contributed by atoms with Gasteiger partial charge in [0.05, 0.1) is 7.11 Å². The van der Waals surface area contributed by atoms with Crippen molar-refractivity contribution in [3.8, 4) is 5.75 Å². The first-order chi connectivity index (χ1) is 7.05. The van der Waals surface area contributed by atoms with Crippen molar-refractivity contribution in [2.75, 3.05) is 12.4 Å². The molecule has 1 atom stereocenters. The van der Waals surface area contributed by atoms with Gasteiger partial charge >= 0.3 is 5.97 Å². The van der Waals surface area contributed by atoms with Crippen LogP contribution < -0.4 is 10.1 Å². The summed E-state index contributed by atoms with van der Waals surface area (Å²) in [4.78, 5) is 11.1. The van der Waals surface area contributed by atoms with Gasteiger partial charge in [0.2, 0.25) is 0 Å². The molecule has 0 aromatic heterocycles. The zero-order chi connectivity index (χ0) is 11.1. The fourth-order valence-corrected chi connectivity index (χ4v) is 1.82. The second-order valence-electron chi connectivity index (χ2n) is 3.96. The van der Waals surface area contributed by atoms with Crippen molar-refractivity contribution in [1.29, 1.82) is 0 Å². The van der Waals surface area contributed by atoms with E-state index in [1.54, 1.807) is 14.0 Å². The van der Waals surface area contributed by atoms with E-state index in [0.29, 0.717) is 6.42 Å². The molecule has 0 fully saturated rings. The summed E-state index contributed by atoms with van der Waals surface area (Å²) in [7, 11) is 1.60. The highest BCUT2D eigenvalue weighted by molar-refractivity contribution is 5.86. The van der Waals surface area contributed by atoms with Crippen molar-refractivity contribution in [2.45, 2.75) is 18.9 Å². The summed E-state index contributed by atoms with van der Waals surface area (Å²) in [6.07, 6.45) is 0.481. The van der Waals surface area contributed by atoms with Crippen LogP contribution in [0, 0.1) is 0 Å². The van der Waals surface area contributed by atoms with Gasteiger partial charge in [-0.3, -0.25) is 0 Å². The fourth-order valence-electron chi connectivity index (χ4n) is 1.82. The molecule has 15 heavy (non-hydrogen) atoms. The Kier molecular flexibility index (Phi) is 2.07. The number of fused-ring (bicyclic) bond motifs is 1. The van der Waals surface area contributed by atoms with Gasteiger partial charge in [-0.2, -0.15) is 0 Å². The van der Waals surface area contributed by atoms with Crippen LogP contribution in [0.25, 0.3) is 0 Å². The van der Waals surface area contributed by atoms with Crippen molar-refractivity contribution in [3.63, 3.8) is 0 Å². The highest BCUT2D eigenvalue weighted by atomic mass is 16.5. The van der Waals surface area contributed by atoms with Crippen LogP contribution in [0.4, 0.5) is 5.69 Å². The van der Waals surface area contributed by atoms with E-state index in [9.17, 15) is 4.79 Å². The van der Waals surface area contributed by atoms with Gasteiger partial charge in [-0.1, -0.05) is 0 Å². The minimum Gasteiger partial charge on any atom is -0.497 e. The topological polar surface area (TPSA) is 58.6 Å². The van der Waals surface area contributed by atoms with E-state index in [1.165, 1.54) is 0 Å². The quantitative estimate of drug-likeness (QED) is 0.771. The summed E-state index contributed by atoms with van der Waals surface area (Å²) in [6, 6.07) is 5.54. The Balaban J connectivity index is 2.35. The Morgan fingerprint density at radius 1 is 1.60 bits per heavy atom. The molecule has 4 nitrogen and oxygen atoms in total. The zero-order valence-electron chi connectivity index (χ0n) is 8.70. The SMILES string of the molecule is COc1ccc2c(c1)CC(C)(C(=O)O)N2. The van der Waals surface area contributed by atoms with Crippen LogP contribution in [0.2, 0.25) is 0 Å². The maximum atomic E-state index is 11.1. The number of methoxy groups -OCH3 is 1. The maximum absolute atomic E-state index is 11.1. The van der Waals surface area contributed by atoms with Crippen molar-refractivity contribution in [1.82, 2.24) is 0 Å². The Labute approximate surface area is 87.9 Å². The van der Waals surface area contributed by atoms with Gasteiger partial charge in [-0.15, -0.1) is 0 Å². The van der Waals surface area contributed by atoms with E-state index in [4.69, 9.17) is 9.84 Å². The monoisotopic (exact) mass is 207 g/mol. The number of aliphatic carboxylic acids is 1. The molecule has 0 saturated heterocycles. The number of anilines is 1. The number of hydrogen-bond donors (Lipinski definition) is 2. The highest BCUT2D eigenvalue weighted by Crippen LogP contribution is 2.34. The summed E-state index contributed by atoms with van der Waals surface area (Å²) >= 11 is 0. The number of carboxylic acid groups (broad SMARTS) is 1. The molecule has 80 valence electrons. The first-order valence-electron chi connectivity index (χ1n) is 4.74. The van der Waals surface area contributed by atoms with Gasteiger partial charge in [0.1, 0.15) is 11.3 Å². The predicted molar refractivity (Wildman–Crippen MR) is 56.4 cm³/mol. The Hall–Kier alpha value is -1.71. The lowest BCUT2D eigenvalue weighted by Gasteiger charge is -2.18. The molecular weight excluding hydrogens is 194 g/mol. The highest BCUT2D eigenvalue weighted by Gasteiger charge is 2.39. The Morgan fingerprint density at radius 2 is 2.33 bits per heavy atom. The van der Waals surface area contributed by atoms with E-state index >= 15 is 0 Å². The van der Waals surface area contributed by atoms with Crippen LogP contribution in [0.3, 0.4) is 0 Å². The molecule has 0 aliphatic carbocycles. The lowest BCUT2D eigenvalue weighted by atomic mass is 9.98. The third-order valence-electron chi connectivity index (χ3n) is 2.74. The molecular formula is C11H13NO3. The number of rotatable bonds is 2. The zero-order valence-corrected chi connectivity index (χ0v) is 8.70. The summed E-state index contributed by atoms with van der Waals surface area (Å²) in [5.74, 6) is -0.0807. The van der Waals surface area contributed by atoms with Crippen molar-refractivity contribution in [2.24, 2.45) is 0 Å². The Bertz CT molecular complexity index is 416. The van der Waals surface area contributed by atoms with Gasteiger partial charge in [0, 0.05) is 12.1 Å². The third-order valence-corrected chi connectivity index (χ3v) is 2.74.